The second-order valence-corrected chi connectivity index (χ2v) is 6.98. The first-order valence-electron chi connectivity index (χ1n) is 7.03. The molecule has 0 spiro atoms. The SMILES string of the molecule is CC(Sc1ccccc1Cl)C(=O)NC1CCCNC1C. The summed E-state index contributed by atoms with van der Waals surface area (Å²) in [6.07, 6.45) is 2.16. The lowest BCUT2D eigenvalue weighted by Crippen LogP contribution is -2.53. The molecular formula is C15H21ClN2OS. The molecule has 1 heterocycles. The first kappa shape index (κ1) is 15.7. The second-order valence-electron chi connectivity index (χ2n) is 5.19. The maximum absolute atomic E-state index is 12.3. The van der Waals surface area contributed by atoms with E-state index in [2.05, 4.69) is 17.6 Å². The van der Waals surface area contributed by atoms with Crippen LogP contribution in [0, 0.1) is 0 Å². The second kappa shape index (κ2) is 7.34. The predicted molar refractivity (Wildman–Crippen MR) is 85.4 cm³/mol. The molecule has 1 saturated heterocycles. The van der Waals surface area contributed by atoms with Crippen molar-refractivity contribution in [2.45, 2.75) is 48.9 Å². The van der Waals surface area contributed by atoms with E-state index in [1.807, 2.05) is 31.2 Å². The van der Waals surface area contributed by atoms with Crippen LogP contribution >= 0.6 is 23.4 Å². The average Bonchev–Trinajstić information content (AvgIpc) is 2.43. The summed E-state index contributed by atoms with van der Waals surface area (Å²) in [5.41, 5.74) is 0. The van der Waals surface area contributed by atoms with Gasteiger partial charge in [-0.05, 0) is 45.4 Å². The maximum Gasteiger partial charge on any atom is 0.233 e. The average molecular weight is 313 g/mol. The number of piperidine rings is 1. The van der Waals surface area contributed by atoms with Crippen LogP contribution in [0.2, 0.25) is 5.02 Å². The number of carbonyl (C=O) groups is 1. The molecule has 3 unspecified atom stereocenters. The van der Waals surface area contributed by atoms with Gasteiger partial charge in [-0.1, -0.05) is 23.7 Å². The van der Waals surface area contributed by atoms with Crippen molar-refractivity contribution in [3.63, 3.8) is 0 Å². The van der Waals surface area contributed by atoms with Crippen LogP contribution in [-0.2, 0) is 4.79 Å². The number of thioether (sulfide) groups is 1. The van der Waals surface area contributed by atoms with Crippen LogP contribution in [0.3, 0.4) is 0 Å². The molecule has 1 aromatic carbocycles. The minimum atomic E-state index is -0.149. The van der Waals surface area contributed by atoms with Gasteiger partial charge in [-0.15, -0.1) is 11.8 Å². The smallest absolute Gasteiger partial charge is 0.233 e. The molecular weight excluding hydrogens is 292 g/mol. The molecule has 0 saturated carbocycles. The molecule has 1 amide bonds. The van der Waals surface area contributed by atoms with Crippen LogP contribution in [0.5, 0.6) is 0 Å². The molecule has 2 rings (SSSR count). The number of hydrogen-bond donors (Lipinski definition) is 2. The van der Waals surface area contributed by atoms with Gasteiger partial charge in [0, 0.05) is 17.0 Å². The van der Waals surface area contributed by atoms with Gasteiger partial charge < -0.3 is 10.6 Å². The standard InChI is InChI=1S/C15H21ClN2OS/c1-10-13(7-5-9-17-10)18-15(19)11(2)20-14-8-4-3-6-12(14)16/h3-4,6,8,10-11,13,17H,5,7,9H2,1-2H3,(H,18,19). The Bertz CT molecular complexity index is 469. The lowest BCUT2D eigenvalue weighted by molar-refractivity contribution is -0.121. The summed E-state index contributed by atoms with van der Waals surface area (Å²) < 4.78 is 0. The number of nitrogens with one attached hydrogen (secondary N) is 2. The fraction of sp³-hybridized carbons (Fsp3) is 0.533. The van der Waals surface area contributed by atoms with Gasteiger partial charge in [0.05, 0.1) is 10.3 Å². The van der Waals surface area contributed by atoms with Gasteiger partial charge in [-0.3, -0.25) is 4.79 Å². The van der Waals surface area contributed by atoms with Crippen molar-refractivity contribution in [2.24, 2.45) is 0 Å². The van der Waals surface area contributed by atoms with Crippen molar-refractivity contribution in [1.29, 1.82) is 0 Å². The molecule has 0 aliphatic carbocycles. The summed E-state index contributed by atoms with van der Waals surface area (Å²) in [6, 6.07) is 8.19. The van der Waals surface area contributed by atoms with Gasteiger partial charge in [-0.2, -0.15) is 0 Å². The van der Waals surface area contributed by atoms with Crippen LogP contribution < -0.4 is 10.6 Å². The third kappa shape index (κ3) is 4.14. The summed E-state index contributed by atoms with van der Waals surface area (Å²) in [4.78, 5) is 13.2. The van der Waals surface area contributed by atoms with E-state index in [9.17, 15) is 4.79 Å². The highest BCUT2D eigenvalue weighted by Crippen LogP contribution is 2.30. The van der Waals surface area contributed by atoms with Crippen molar-refractivity contribution in [3.05, 3.63) is 29.3 Å². The summed E-state index contributed by atoms with van der Waals surface area (Å²) in [5.74, 6) is 0.0791. The number of amides is 1. The van der Waals surface area contributed by atoms with E-state index in [0.29, 0.717) is 11.1 Å². The van der Waals surface area contributed by atoms with E-state index in [1.165, 1.54) is 11.8 Å². The highest BCUT2D eigenvalue weighted by Gasteiger charge is 2.25. The first-order chi connectivity index (χ1) is 9.58. The lowest BCUT2D eigenvalue weighted by Gasteiger charge is -2.31. The Kier molecular flexibility index (Phi) is 5.75. The predicted octanol–water partition coefficient (Wildman–Crippen LogP) is 3.08. The van der Waals surface area contributed by atoms with Crippen molar-refractivity contribution in [2.75, 3.05) is 6.54 Å². The molecule has 1 fully saturated rings. The molecule has 5 heteroatoms. The lowest BCUT2D eigenvalue weighted by atomic mass is 10.00. The van der Waals surface area contributed by atoms with Gasteiger partial charge in [0.1, 0.15) is 0 Å². The van der Waals surface area contributed by atoms with Crippen LogP contribution in [0.15, 0.2) is 29.2 Å². The first-order valence-corrected chi connectivity index (χ1v) is 8.28. The van der Waals surface area contributed by atoms with E-state index in [0.717, 1.165) is 24.3 Å². The molecule has 1 aromatic rings. The molecule has 20 heavy (non-hydrogen) atoms. The summed E-state index contributed by atoms with van der Waals surface area (Å²) in [5, 5.41) is 7.09. The Morgan fingerprint density at radius 3 is 2.95 bits per heavy atom. The number of rotatable bonds is 4. The number of carbonyl (C=O) groups excluding carboxylic acids is 1. The van der Waals surface area contributed by atoms with Gasteiger partial charge in [-0.25, -0.2) is 0 Å². The van der Waals surface area contributed by atoms with Crippen molar-refractivity contribution in [1.82, 2.24) is 10.6 Å². The number of hydrogen-bond acceptors (Lipinski definition) is 3. The Morgan fingerprint density at radius 1 is 1.50 bits per heavy atom. The van der Waals surface area contributed by atoms with E-state index in [-0.39, 0.29) is 17.2 Å². The van der Waals surface area contributed by atoms with Crippen molar-refractivity contribution >= 4 is 29.3 Å². The highest BCUT2D eigenvalue weighted by molar-refractivity contribution is 8.00. The van der Waals surface area contributed by atoms with Gasteiger partial charge in [0.2, 0.25) is 5.91 Å². The van der Waals surface area contributed by atoms with E-state index >= 15 is 0 Å². The molecule has 0 aromatic heterocycles. The molecule has 1 aliphatic heterocycles. The molecule has 0 bridgehead atoms. The molecule has 3 atom stereocenters. The Hall–Kier alpha value is -0.710. The highest BCUT2D eigenvalue weighted by atomic mass is 35.5. The van der Waals surface area contributed by atoms with E-state index < -0.39 is 0 Å². The van der Waals surface area contributed by atoms with Crippen molar-refractivity contribution in [3.8, 4) is 0 Å². The summed E-state index contributed by atoms with van der Waals surface area (Å²) in [6.45, 7) is 5.08. The fourth-order valence-corrected chi connectivity index (χ4v) is 3.49. The van der Waals surface area contributed by atoms with Gasteiger partial charge in [0.25, 0.3) is 0 Å². The third-order valence-electron chi connectivity index (χ3n) is 3.60. The molecule has 110 valence electrons. The molecule has 1 aliphatic rings. The Morgan fingerprint density at radius 2 is 2.25 bits per heavy atom. The van der Waals surface area contributed by atoms with Crippen LogP contribution in [0.4, 0.5) is 0 Å². The van der Waals surface area contributed by atoms with E-state index in [4.69, 9.17) is 11.6 Å². The zero-order valence-corrected chi connectivity index (χ0v) is 13.4. The van der Waals surface area contributed by atoms with Crippen LogP contribution in [0.1, 0.15) is 26.7 Å². The minimum Gasteiger partial charge on any atom is -0.351 e. The minimum absolute atomic E-state index is 0.0791. The normalized spacial score (nSPS) is 24.1. The molecule has 0 radical (unpaired) electrons. The zero-order valence-electron chi connectivity index (χ0n) is 11.9. The summed E-state index contributed by atoms with van der Waals surface area (Å²) >= 11 is 7.63. The summed E-state index contributed by atoms with van der Waals surface area (Å²) in [7, 11) is 0. The Labute approximate surface area is 129 Å². The zero-order chi connectivity index (χ0) is 14.5. The van der Waals surface area contributed by atoms with Crippen LogP contribution in [0.25, 0.3) is 0 Å². The number of halogens is 1. The van der Waals surface area contributed by atoms with Gasteiger partial charge in [0.15, 0.2) is 0 Å². The number of benzene rings is 1. The van der Waals surface area contributed by atoms with Crippen molar-refractivity contribution < 1.29 is 4.79 Å². The largest absolute Gasteiger partial charge is 0.351 e. The maximum atomic E-state index is 12.3. The van der Waals surface area contributed by atoms with Gasteiger partial charge >= 0.3 is 0 Å². The third-order valence-corrected chi connectivity index (χ3v) is 5.22. The Balaban J connectivity index is 1.90. The van der Waals surface area contributed by atoms with E-state index in [1.54, 1.807) is 0 Å². The molecule has 2 N–H and O–H groups in total. The van der Waals surface area contributed by atoms with Crippen LogP contribution in [-0.4, -0.2) is 29.8 Å². The quantitative estimate of drug-likeness (QED) is 0.840. The topological polar surface area (TPSA) is 41.1 Å². The molecule has 3 nitrogen and oxygen atoms in total. The fourth-order valence-electron chi connectivity index (χ4n) is 2.33. The monoisotopic (exact) mass is 312 g/mol.